The molecule has 0 bridgehead atoms. The number of benzene rings is 1. The zero-order chi connectivity index (χ0) is 14.9. The van der Waals surface area contributed by atoms with E-state index >= 15 is 0 Å². The molecule has 0 radical (unpaired) electrons. The van der Waals surface area contributed by atoms with Gasteiger partial charge in [0.15, 0.2) is 0 Å². The maximum Gasteiger partial charge on any atom is 0.268 e. The third-order valence-corrected chi connectivity index (χ3v) is 3.65. The van der Waals surface area contributed by atoms with Crippen LogP contribution in [0.25, 0.3) is 0 Å². The van der Waals surface area contributed by atoms with Crippen LogP contribution in [-0.2, 0) is 7.05 Å². The Morgan fingerprint density at radius 1 is 1.35 bits per heavy atom. The molecule has 2 rings (SSSR count). The number of halogens is 3. The molecule has 20 heavy (non-hydrogen) atoms. The van der Waals surface area contributed by atoms with Crippen LogP contribution < -0.4 is 5.32 Å². The third kappa shape index (κ3) is 2.97. The highest BCUT2D eigenvalue weighted by molar-refractivity contribution is 6.35. The molecular formula is C14H13Cl2FN2O. The van der Waals surface area contributed by atoms with Crippen molar-refractivity contribution in [2.24, 2.45) is 7.05 Å². The monoisotopic (exact) mass is 314 g/mol. The summed E-state index contributed by atoms with van der Waals surface area (Å²) in [5.41, 5.74) is 0.999. The fraction of sp³-hybridized carbons (Fsp3) is 0.214. The Balaban J connectivity index is 2.21. The first-order chi connectivity index (χ1) is 9.40. The fourth-order valence-corrected chi connectivity index (χ4v) is 2.46. The van der Waals surface area contributed by atoms with Crippen molar-refractivity contribution in [2.75, 3.05) is 0 Å². The summed E-state index contributed by atoms with van der Waals surface area (Å²) >= 11 is 11.7. The second kappa shape index (κ2) is 5.85. The van der Waals surface area contributed by atoms with Gasteiger partial charge in [-0.2, -0.15) is 0 Å². The highest BCUT2D eigenvalue weighted by atomic mass is 35.5. The maximum absolute atomic E-state index is 13.5. The molecule has 0 aliphatic rings. The Kier molecular flexibility index (Phi) is 4.35. The number of rotatable bonds is 3. The van der Waals surface area contributed by atoms with Crippen LogP contribution in [0.2, 0.25) is 10.0 Å². The first-order valence-electron chi connectivity index (χ1n) is 5.96. The number of hydrogen-bond donors (Lipinski definition) is 1. The van der Waals surface area contributed by atoms with Gasteiger partial charge in [-0.25, -0.2) is 4.39 Å². The minimum absolute atomic E-state index is 0.0419. The summed E-state index contributed by atoms with van der Waals surface area (Å²) in [6.45, 7) is 1.73. The number of amides is 1. The first kappa shape index (κ1) is 14.9. The van der Waals surface area contributed by atoms with Crippen LogP contribution in [-0.4, -0.2) is 10.5 Å². The van der Waals surface area contributed by atoms with Crippen LogP contribution in [0, 0.1) is 5.82 Å². The molecular weight excluding hydrogens is 302 g/mol. The van der Waals surface area contributed by atoms with Crippen molar-refractivity contribution in [1.82, 2.24) is 9.88 Å². The van der Waals surface area contributed by atoms with Crippen molar-refractivity contribution >= 4 is 29.1 Å². The maximum atomic E-state index is 13.5. The van der Waals surface area contributed by atoms with E-state index in [0.29, 0.717) is 16.3 Å². The minimum Gasteiger partial charge on any atom is -0.347 e. The van der Waals surface area contributed by atoms with Gasteiger partial charge in [0.2, 0.25) is 0 Å². The minimum atomic E-state index is -0.564. The molecule has 0 aliphatic heterocycles. The van der Waals surface area contributed by atoms with Gasteiger partial charge in [0.25, 0.3) is 5.91 Å². The van der Waals surface area contributed by atoms with Crippen LogP contribution in [0.5, 0.6) is 0 Å². The summed E-state index contributed by atoms with van der Waals surface area (Å²) in [6, 6.07) is 5.61. The number of carbonyl (C=O) groups excluding carboxylic acids is 1. The van der Waals surface area contributed by atoms with Gasteiger partial charge in [-0.15, -0.1) is 0 Å². The number of aromatic nitrogens is 1. The van der Waals surface area contributed by atoms with E-state index in [1.807, 2.05) is 0 Å². The van der Waals surface area contributed by atoms with Crippen molar-refractivity contribution in [1.29, 1.82) is 0 Å². The molecule has 3 nitrogen and oxygen atoms in total. The molecule has 1 amide bonds. The zero-order valence-electron chi connectivity index (χ0n) is 11.0. The van der Waals surface area contributed by atoms with E-state index in [2.05, 4.69) is 5.32 Å². The topological polar surface area (TPSA) is 34.0 Å². The van der Waals surface area contributed by atoms with Gasteiger partial charge in [-0.1, -0.05) is 23.2 Å². The van der Waals surface area contributed by atoms with Gasteiger partial charge < -0.3 is 9.88 Å². The second-order valence-electron chi connectivity index (χ2n) is 4.49. The Morgan fingerprint density at radius 3 is 2.65 bits per heavy atom. The molecule has 0 saturated heterocycles. The van der Waals surface area contributed by atoms with Gasteiger partial charge in [0.05, 0.1) is 11.1 Å². The van der Waals surface area contributed by atoms with Crippen LogP contribution >= 0.6 is 23.2 Å². The van der Waals surface area contributed by atoms with Crippen molar-refractivity contribution in [2.45, 2.75) is 13.0 Å². The molecule has 0 saturated carbocycles. The lowest BCUT2D eigenvalue weighted by Gasteiger charge is -2.16. The number of carbonyl (C=O) groups is 1. The van der Waals surface area contributed by atoms with Crippen LogP contribution in [0.15, 0.2) is 30.5 Å². The number of hydrogen-bond acceptors (Lipinski definition) is 1. The van der Waals surface area contributed by atoms with Gasteiger partial charge >= 0.3 is 0 Å². The summed E-state index contributed by atoms with van der Waals surface area (Å²) in [7, 11) is 1.77. The number of nitrogens with one attached hydrogen (secondary N) is 1. The molecule has 1 aromatic carbocycles. The molecule has 106 valence electrons. The quantitative estimate of drug-likeness (QED) is 0.855. The molecule has 0 aliphatic carbocycles. The summed E-state index contributed by atoms with van der Waals surface area (Å²) in [5.74, 6) is -0.817. The normalized spacial score (nSPS) is 12.2. The van der Waals surface area contributed by atoms with Crippen molar-refractivity contribution < 1.29 is 9.18 Å². The lowest BCUT2D eigenvalue weighted by atomic mass is 10.1. The molecule has 1 atom stereocenters. The highest BCUT2D eigenvalue weighted by Gasteiger charge is 2.17. The largest absolute Gasteiger partial charge is 0.347 e. The van der Waals surface area contributed by atoms with E-state index in [4.69, 9.17) is 23.2 Å². The van der Waals surface area contributed by atoms with E-state index in [0.717, 1.165) is 0 Å². The number of nitrogens with zero attached hydrogens (tertiary/aromatic N) is 1. The Bertz CT molecular complexity index is 655. The molecule has 0 spiro atoms. The second-order valence-corrected chi connectivity index (χ2v) is 5.30. The molecule has 0 fully saturated rings. The average molecular weight is 315 g/mol. The van der Waals surface area contributed by atoms with Crippen molar-refractivity contribution in [3.8, 4) is 0 Å². The smallest absolute Gasteiger partial charge is 0.268 e. The molecule has 2 aromatic rings. The molecule has 1 N–H and O–H groups in total. The van der Waals surface area contributed by atoms with Crippen LogP contribution in [0.3, 0.4) is 0 Å². The summed E-state index contributed by atoms with van der Waals surface area (Å²) in [4.78, 5) is 12.1. The summed E-state index contributed by atoms with van der Waals surface area (Å²) in [5, 5.41) is 3.05. The Labute approximate surface area is 126 Å². The summed E-state index contributed by atoms with van der Waals surface area (Å²) < 4.78 is 15.2. The summed E-state index contributed by atoms with van der Waals surface area (Å²) in [6.07, 6.45) is 1.77. The van der Waals surface area contributed by atoms with E-state index in [9.17, 15) is 9.18 Å². The first-order valence-corrected chi connectivity index (χ1v) is 6.72. The third-order valence-electron chi connectivity index (χ3n) is 3.03. The lowest BCUT2D eigenvalue weighted by molar-refractivity contribution is 0.0931. The van der Waals surface area contributed by atoms with Crippen molar-refractivity contribution in [3.63, 3.8) is 0 Å². The molecule has 1 aromatic heterocycles. The van der Waals surface area contributed by atoms with E-state index in [1.54, 1.807) is 36.9 Å². The fourth-order valence-electron chi connectivity index (χ4n) is 1.92. The van der Waals surface area contributed by atoms with Gasteiger partial charge in [0.1, 0.15) is 11.5 Å². The average Bonchev–Trinajstić information content (AvgIpc) is 2.80. The van der Waals surface area contributed by atoms with Gasteiger partial charge in [-0.3, -0.25) is 4.79 Å². The van der Waals surface area contributed by atoms with Crippen molar-refractivity contribution in [3.05, 3.63) is 57.6 Å². The standard InChI is InChI=1S/C14H13Cl2FN2O/c1-8(9-6-12(17)11(16)7-10(9)15)18-14(20)13-4-3-5-19(13)2/h3-8H,1-2H3,(H,18,20)/t8-/m1/s1. The van der Waals surface area contributed by atoms with E-state index in [1.165, 1.54) is 12.1 Å². The van der Waals surface area contributed by atoms with Crippen LogP contribution in [0.1, 0.15) is 29.0 Å². The van der Waals surface area contributed by atoms with Gasteiger partial charge in [0, 0.05) is 18.3 Å². The van der Waals surface area contributed by atoms with Gasteiger partial charge in [-0.05, 0) is 36.8 Å². The predicted octanol–water partition coefficient (Wildman–Crippen LogP) is 3.96. The lowest BCUT2D eigenvalue weighted by Crippen LogP contribution is -2.28. The van der Waals surface area contributed by atoms with E-state index < -0.39 is 11.9 Å². The van der Waals surface area contributed by atoms with Crippen LogP contribution in [0.4, 0.5) is 4.39 Å². The predicted molar refractivity (Wildman–Crippen MR) is 77.7 cm³/mol. The molecule has 0 unspecified atom stereocenters. The molecule has 1 heterocycles. The highest BCUT2D eigenvalue weighted by Crippen LogP contribution is 2.28. The van der Waals surface area contributed by atoms with E-state index in [-0.39, 0.29) is 10.9 Å². The Hall–Kier alpha value is -1.52. The molecule has 6 heteroatoms. The zero-order valence-corrected chi connectivity index (χ0v) is 12.5. The number of aryl methyl sites for hydroxylation is 1. The Morgan fingerprint density at radius 2 is 2.05 bits per heavy atom. The SMILES string of the molecule is C[C@@H](NC(=O)c1cccn1C)c1cc(F)c(Cl)cc1Cl.